The van der Waals surface area contributed by atoms with Gasteiger partial charge in [-0.05, 0) is 38.8 Å². The predicted molar refractivity (Wildman–Crippen MR) is 105 cm³/mol. The van der Waals surface area contributed by atoms with Crippen LogP contribution < -0.4 is 10.6 Å². The van der Waals surface area contributed by atoms with E-state index >= 15 is 0 Å². The van der Waals surface area contributed by atoms with Gasteiger partial charge >= 0.3 is 0 Å². The third kappa shape index (κ3) is 4.74. The molecule has 1 aromatic carbocycles. The molecule has 0 atom stereocenters. The number of anilines is 1. The number of likely N-dealkylation sites (tertiary alicyclic amines) is 1. The van der Waals surface area contributed by atoms with Crippen molar-refractivity contribution in [2.45, 2.75) is 32.7 Å². The summed E-state index contributed by atoms with van der Waals surface area (Å²) in [5.41, 5.74) is 3.25. The second-order valence-corrected chi connectivity index (χ2v) is 7.11. The summed E-state index contributed by atoms with van der Waals surface area (Å²) < 4.78 is 1.77. The SMILES string of the molecule is Cc1nn(C)c(C)c1NC(=O)CN1CCC(NC(=O)c2ccccc2)CC1. The van der Waals surface area contributed by atoms with Crippen molar-refractivity contribution in [2.24, 2.45) is 7.05 Å². The van der Waals surface area contributed by atoms with Gasteiger partial charge in [-0.2, -0.15) is 5.10 Å². The van der Waals surface area contributed by atoms with Gasteiger partial charge in [0.05, 0.1) is 23.6 Å². The van der Waals surface area contributed by atoms with Crippen LogP contribution in [0.2, 0.25) is 0 Å². The van der Waals surface area contributed by atoms with Crippen LogP contribution in [-0.2, 0) is 11.8 Å². The van der Waals surface area contributed by atoms with Gasteiger partial charge in [0.15, 0.2) is 0 Å². The maximum atomic E-state index is 12.4. The van der Waals surface area contributed by atoms with E-state index in [1.165, 1.54) is 0 Å². The maximum absolute atomic E-state index is 12.4. The average molecular weight is 369 g/mol. The monoisotopic (exact) mass is 369 g/mol. The minimum absolute atomic E-state index is 0.0269. The molecule has 0 aliphatic carbocycles. The minimum atomic E-state index is -0.0330. The van der Waals surface area contributed by atoms with Crippen LogP contribution in [0, 0.1) is 13.8 Å². The first-order chi connectivity index (χ1) is 12.9. The van der Waals surface area contributed by atoms with Gasteiger partial charge in [-0.1, -0.05) is 18.2 Å². The Bertz CT molecular complexity index is 807. The fraction of sp³-hybridized carbons (Fsp3) is 0.450. The summed E-state index contributed by atoms with van der Waals surface area (Å²) in [6.45, 7) is 5.77. The Morgan fingerprint density at radius 2 is 1.81 bits per heavy atom. The van der Waals surface area contributed by atoms with Crippen molar-refractivity contribution in [2.75, 3.05) is 25.0 Å². The number of benzene rings is 1. The van der Waals surface area contributed by atoms with Crippen molar-refractivity contribution in [3.8, 4) is 0 Å². The Kier molecular flexibility index (Phi) is 5.91. The fourth-order valence-corrected chi connectivity index (χ4v) is 3.43. The van der Waals surface area contributed by atoms with E-state index in [1.54, 1.807) is 4.68 Å². The number of aromatic nitrogens is 2. The molecule has 1 aromatic heterocycles. The molecule has 0 radical (unpaired) electrons. The molecule has 0 spiro atoms. The van der Waals surface area contributed by atoms with Crippen molar-refractivity contribution in [1.82, 2.24) is 20.0 Å². The molecule has 1 aliphatic heterocycles. The van der Waals surface area contributed by atoms with Gasteiger partial charge in [-0.3, -0.25) is 19.2 Å². The molecular formula is C20H27N5O2. The predicted octanol–water partition coefficient (Wildman–Crippen LogP) is 1.87. The maximum Gasteiger partial charge on any atom is 0.251 e. The van der Waals surface area contributed by atoms with E-state index in [1.807, 2.05) is 51.2 Å². The number of carbonyl (C=O) groups is 2. The van der Waals surface area contributed by atoms with Gasteiger partial charge in [0.1, 0.15) is 0 Å². The first-order valence-electron chi connectivity index (χ1n) is 9.32. The van der Waals surface area contributed by atoms with Crippen LogP contribution in [0.15, 0.2) is 30.3 Å². The molecule has 1 fully saturated rings. The number of amides is 2. The number of aryl methyl sites for hydroxylation is 2. The fourth-order valence-electron chi connectivity index (χ4n) is 3.43. The lowest BCUT2D eigenvalue weighted by Crippen LogP contribution is -2.46. The van der Waals surface area contributed by atoms with Crippen LogP contribution in [0.1, 0.15) is 34.6 Å². The van der Waals surface area contributed by atoms with Crippen LogP contribution in [-0.4, -0.2) is 52.2 Å². The molecule has 0 saturated carbocycles. The summed E-state index contributed by atoms with van der Waals surface area (Å²) in [5, 5.41) is 10.4. The van der Waals surface area contributed by atoms with E-state index in [9.17, 15) is 9.59 Å². The lowest BCUT2D eigenvalue weighted by molar-refractivity contribution is -0.117. The molecule has 7 nitrogen and oxygen atoms in total. The summed E-state index contributed by atoms with van der Waals surface area (Å²) in [6.07, 6.45) is 1.69. The number of nitrogens with zero attached hydrogens (tertiary/aromatic N) is 3. The van der Waals surface area contributed by atoms with Crippen molar-refractivity contribution in [3.05, 3.63) is 47.3 Å². The topological polar surface area (TPSA) is 79.3 Å². The first kappa shape index (κ1) is 19.1. The van der Waals surface area contributed by atoms with E-state index in [0.717, 1.165) is 43.0 Å². The molecule has 27 heavy (non-hydrogen) atoms. The van der Waals surface area contributed by atoms with Crippen LogP contribution in [0.3, 0.4) is 0 Å². The van der Waals surface area contributed by atoms with Gasteiger partial charge in [-0.15, -0.1) is 0 Å². The Morgan fingerprint density at radius 3 is 2.41 bits per heavy atom. The summed E-state index contributed by atoms with van der Waals surface area (Å²) >= 11 is 0. The highest BCUT2D eigenvalue weighted by Crippen LogP contribution is 2.18. The summed E-state index contributed by atoms with van der Waals surface area (Å²) in [6, 6.07) is 9.41. The average Bonchev–Trinajstić information content (AvgIpc) is 2.90. The standard InChI is InChI=1S/C20H27N5O2/c1-14-19(15(2)24(3)23-14)22-18(26)13-25-11-9-17(10-12-25)21-20(27)16-7-5-4-6-8-16/h4-8,17H,9-13H2,1-3H3,(H,21,27)(H,22,26). The van der Waals surface area contributed by atoms with E-state index < -0.39 is 0 Å². The van der Waals surface area contributed by atoms with Crippen LogP contribution >= 0.6 is 0 Å². The van der Waals surface area contributed by atoms with Crippen LogP contribution in [0.4, 0.5) is 5.69 Å². The number of rotatable bonds is 5. The van der Waals surface area contributed by atoms with Gasteiger partial charge in [0.2, 0.25) is 5.91 Å². The van der Waals surface area contributed by atoms with Gasteiger partial charge in [0.25, 0.3) is 5.91 Å². The summed E-state index contributed by atoms with van der Waals surface area (Å²) in [4.78, 5) is 26.8. The number of hydrogen-bond acceptors (Lipinski definition) is 4. The lowest BCUT2D eigenvalue weighted by Gasteiger charge is -2.31. The molecule has 1 aliphatic rings. The van der Waals surface area contributed by atoms with Gasteiger partial charge in [0, 0.05) is 31.7 Å². The molecule has 144 valence electrons. The Hall–Kier alpha value is -2.67. The molecule has 0 unspecified atom stereocenters. The third-order valence-corrected chi connectivity index (χ3v) is 5.10. The van der Waals surface area contributed by atoms with Crippen molar-refractivity contribution in [1.29, 1.82) is 0 Å². The van der Waals surface area contributed by atoms with E-state index in [-0.39, 0.29) is 17.9 Å². The van der Waals surface area contributed by atoms with E-state index in [2.05, 4.69) is 20.6 Å². The zero-order valence-corrected chi connectivity index (χ0v) is 16.2. The van der Waals surface area contributed by atoms with Crippen molar-refractivity contribution < 1.29 is 9.59 Å². The number of carbonyl (C=O) groups excluding carboxylic acids is 2. The second kappa shape index (κ2) is 8.35. The van der Waals surface area contributed by atoms with E-state index in [4.69, 9.17) is 0 Å². The summed E-state index contributed by atoms with van der Waals surface area (Å²) in [5.74, 6) is -0.0599. The number of hydrogen-bond donors (Lipinski definition) is 2. The van der Waals surface area contributed by atoms with Gasteiger partial charge < -0.3 is 10.6 Å². The van der Waals surface area contributed by atoms with Crippen LogP contribution in [0.25, 0.3) is 0 Å². The molecular weight excluding hydrogens is 342 g/mol. The smallest absolute Gasteiger partial charge is 0.251 e. The number of nitrogens with one attached hydrogen (secondary N) is 2. The molecule has 2 aromatic rings. The molecule has 0 bridgehead atoms. The molecule has 2 heterocycles. The molecule has 2 amide bonds. The van der Waals surface area contributed by atoms with E-state index in [0.29, 0.717) is 12.1 Å². The Labute approximate surface area is 159 Å². The molecule has 2 N–H and O–H groups in total. The Morgan fingerprint density at radius 1 is 1.15 bits per heavy atom. The minimum Gasteiger partial charge on any atom is -0.349 e. The third-order valence-electron chi connectivity index (χ3n) is 5.10. The summed E-state index contributed by atoms with van der Waals surface area (Å²) in [7, 11) is 1.87. The molecule has 7 heteroatoms. The van der Waals surface area contributed by atoms with Crippen molar-refractivity contribution >= 4 is 17.5 Å². The highest BCUT2D eigenvalue weighted by Gasteiger charge is 2.23. The zero-order valence-electron chi connectivity index (χ0n) is 16.2. The first-order valence-corrected chi connectivity index (χ1v) is 9.32. The highest BCUT2D eigenvalue weighted by atomic mass is 16.2. The Balaban J connectivity index is 1.45. The van der Waals surface area contributed by atoms with Gasteiger partial charge in [-0.25, -0.2) is 0 Å². The van der Waals surface area contributed by atoms with Crippen LogP contribution in [0.5, 0.6) is 0 Å². The molecule has 1 saturated heterocycles. The lowest BCUT2D eigenvalue weighted by atomic mass is 10.0. The normalized spacial score (nSPS) is 15.5. The number of piperidine rings is 1. The quantitative estimate of drug-likeness (QED) is 0.843. The highest BCUT2D eigenvalue weighted by molar-refractivity contribution is 5.94. The van der Waals surface area contributed by atoms with Crippen molar-refractivity contribution in [3.63, 3.8) is 0 Å². The zero-order chi connectivity index (χ0) is 19.4. The second-order valence-electron chi connectivity index (χ2n) is 7.11. The molecule has 3 rings (SSSR count). The largest absolute Gasteiger partial charge is 0.349 e.